The van der Waals surface area contributed by atoms with Crippen molar-refractivity contribution in [2.24, 2.45) is 5.92 Å². The van der Waals surface area contributed by atoms with Gasteiger partial charge in [-0.25, -0.2) is 0 Å². The first-order chi connectivity index (χ1) is 6.27. The SMILES string of the molecule is CC.CCC1COC12CCN(C)C2. The molecule has 2 unspecified atom stereocenters. The lowest BCUT2D eigenvalue weighted by Gasteiger charge is -2.46. The van der Waals surface area contributed by atoms with Crippen LogP contribution in [0.2, 0.25) is 0 Å². The van der Waals surface area contributed by atoms with Crippen molar-refractivity contribution in [1.82, 2.24) is 4.90 Å². The molecule has 2 saturated heterocycles. The number of likely N-dealkylation sites (tertiary alicyclic amines) is 1. The Balaban J connectivity index is 0.000000396. The number of hydrogen-bond acceptors (Lipinski definition) is 2. The van der Waals surface area contributed by atoms with Crippen molar-refractivity contribution in [2.75, 3.05) is 26.7 Å². The van der Waals surface area contributed by atoms with Gasteiger partial charge in [-0.05, 0) is 19.9 Å². The quantitative estimate of drug-likeness (QED) is 0.620. The number of hydrogen-bond donors (Lipinski definition) is 0. The maximum absolute atomic E-state index is 5.71. The molecule has 0 bridgehead atoms. The predicted octanol–water partition coefficient (Wildman–Crippen LogP) is 2.14. The highest BCUT2D eigenvalue weighted by Gasteiger charge is 2.50. The molecule has 2 nitrogen and oxygen atoms in total. The Labute approximate surface area is 82.3 Å². The van der Waals surface area contributed by atoms with Crippen molar-refractivity contribution in [3.63, 3.8) is 0 Å². The number of likely N-dealkylation sites (N-methyl/N-ethyl adjacent to an activating group) is 1. The molecule has 78 valence electrons. The van der Waals surface area contributed by atoms with Gasteiger partial charge in [-0.1, -0.05) is 20.8 Å². The van der Waals surface area contributed by atoms with Gasteiger partial charge in [0.05, 0.1) is 12.2 Å². The monoisotopic (exact) mass is 185 g/mol. The fourth-order valence-corrected chi connectivity index (χ4v) is 2.37. The Morgan fingerprint density at radius 1 is 1.46 bits per heavy atom. The van der Waals surface area contributed by atoms with E-state index in [4.69, 9.17) is 4.74 Å². The summed E-state index contributed by atoms with van der Waals surface area (Å²) in [5.74, 6) is 0.840. The summed E-state index contributed by atoms with van der Waals surface area (Å²) in [4.78, 5) is 2.38. The molecular formula is C11H23NO. The van der Waals surface area contributed by atoms with Crippen LogP contribution in [0.5, 0.6) is 0 Å². The lowest BCUT2D eigenvalue weighted by atomic mass is 9.80. The van der Waals surface area contributed by atoms with E-state index >= 15 is 0 Å². The Morgan fingerprint density at radius 3 is 2.46 bits per heavy atom. The summed E-state index contributed by atoms with van der Waals surface area (Å²) in [6, 6.07) is 0. The molecule has 2 heteroatoms. The van der Waals surface area contributed by atoms with Gasteiger partial charge < -0.3 is 9.64 Å². The fourth-order valence-electron chi connectivity index (χ4n) is 2.37. The van der Waals surface area contributed by atoms with E-state index in [0.29, 0.717) is 0 Å². The molecule has 0 saturated carbocycles. The Hall–Kier alpha value is -0.0800. The van der Waals surface area contributed by atoms with Gasteiger partial charge in [0.1, 0.15) is 0 Å². The second-order valence-electron chi connectivity index (χ2n) is 3.97. The van der Waals surface area contributed by atoms with Crippen molar-refractivity contribution < 1.29 is 4.74 Å². The van der Waals surface area contributed by atoms with Gasteiger partial charge in [0.2, 0.25) is 0 Å². The lowest BCUT2D eigenvalue weighted by Crippen LogP contribution is -2.54. The minimum atomic E-state index is 0.281. The Morgan fingerprint density at radius 2 is 2.15 bits per heavy atom. The summed E-state index contributed by atoms with van der Waals surface area (Å²) in [6.45, 7) is 9.65. The zero-order valence-corrected chi connectivity index (χ0v) is 9.47. The van der Waals surface area contributed by atoms with Crippen LogP contribution in [0.25, 0.3) is 0 Å². The first-order valence-electron chi connectivity index (χ1n) is 5.59. The first-order valence-corrected chi connectivity index (χ1v) is 5.59. The molecule has 0 amide bonds. The van der Waals surface area contributed by atoms with E-state index in [-0.39, 0.29) is 5.60 Å². The average molecular weight is 185 g/mol. The van der Waals surface area contributed by atoms with Crippen molar-refractivity contribution in [2.45, 2.75) is 39.2 Å². The first kappa shape index (κ1) is 11.0. The van der Waals surface area contributed by atoms with E-state index in [2.05, 4.69) is 18.9 Å². The van der Waals surface area contributed by atoms with E-state index in [1.54, 1.807) is 0 Å². The molecule has 0 aromatic carbocycles. The third-order valence-corrected chi connectivity index (χ3v) is 3.26. The molecule has 2 atom stereocenters. The van der Waals surface area contributed by atoms with Gasteiger partial charge in [0.25, 0.3) is 0 Å². The van der Waals surface area contributed by atoms with E-state index in [1.807, 2.05) is 13.8 Å². The van der Waals surface area contributed by atoms with Gasteiger partial charge >= 0.3 is 0 Å². The van der Waals surface area contributed by atoms with Crippen LogP contribution in [0.3, 0.4) is 0 Å². The van der Waals surface area contributed by atoms with Crippen LogP contribution >= 0.6 is 0 Å². The molecule has 2 heterocycles. The lowest BCUT2D eigenvalue weighted by molar-refractivity contribution is -0.195. The van der Waals surface area contributed by atoms with Gasteiger partial charge in [0, 0.05) is 19.0 Å². The van der Waals surface area contributed by atoms with Crippen LogP contribution in [0, 0.1) is 5.92 Å². The Bertz CT molecular complexity index is 158. The minimum Gasteiger partial charge on any atom is -0.373 e. The zero-order valence-electron chi connectivity index (χ0n) is 9.47. The van der Waals surface area contributed by atoms with Crippen LogP contribution in [-0.2, 0) is 4.74 Å². The van der Waals surface area contributed by atoms with Crippen molar-refractivity contribution in [3.05, 3.63) is 0 Å². The second kappa shape index (κ2) is 4.43. The molecule has 0 aliphatic carbocycles. The van der Waals surface area contributed by atoms with Gasteiger partial charge in [-0.15, -0.1) is 0 Å². The summed E-state index contributed by atoms with van der Waals surface area (Å²) >= 11 is 0. The number of ether oxygens (including phenoxy) is 1. The maximum Gasteiger partial charge on any atom is 0.0870 e. The third kappa shape index (κ3) is 1.89. The summed E-state index contributed by atoms with van der Waals surface area (Å²) in [5, 5.41) is 0. The predicted molar refractivity (Wildman–Crippen MR) is 55.9 cm³/mol. The summed E-state index contributed by atoms with van der Waals surface area (Å²) in [6.07, 6.45) is 2.54. The topological polar surface area (TPSA) is 12.5 Å². The normalized spacial score (nSPS) is 38.3. The van der Waals surface area contributed by atoms with Gasteiger partial charge in [0.15, 0.2) is 0 Å². The second-order valence-corrected chi connectivity index (χ2v) is 3.97. The smallest absolute Gasteiger partial charge is 0.0870 e. The standard InChI is InChI=1S/C9H17NO.C2H6/c1-3-8-6-11-9(8)4-5-10(2)7-9;1-2/h8H,3-7H2,1-2H3;1-2H3. The van der Waals surface area contributed by atoms with Crippen molar-refractivity contribution in [3.8, 4) is 0 Å². The summed E-state index contributed by atoms with van der Waals surface area (Å²) in [5.41, 5.74) is 0.281. The van der Waals surface area contributed by atoms with Crippen molar-refractivity contribution >= 4 is 0 Å². The molecule has 0 aromatic rings. The number of rotatable bonds is 1. The van der Waals surface area contributed by atoms with Crippen LogP contribution in [0.15, 0.2) is 0 Å². The average Bonchev–Trinajstić information content (AvgIpc) is 2.53. The largest absolute Gasteiger partial charge is 0.373 e. The van der Waals surface area contributed by atoms with E-state index in [1.165, 1.54) is 19.4 Å². The van der Waals surface area contributed by atoms with Crippen LogP contribution < -0.4 is 0 Å². The molecule has 0 N–H and O–H groups in total. The van der Waals surface area contributed by atoms with Crippen LogP contribution in [-0.4, -0.2) is 37.2 Å². The molecule has 0 radical (unpaired) electrons. The van der Waals surface area contributed by atoms with Crippen LogP contribution in [0.1, 0.15) is 33.6 Å². The highest BCUT2D eigenvalue weighted by atomic mass is 16.5. The molecule has 13 heavy (non-hydrogen) atoms. The highest BCUT2D eigenvalue weighted by Crippen LogP contribution is 2.41. The van der Waals surface area contributed by atoms with E-state index < -0.39 is 0 Å². The number of nitrogens with zero attached hydrogens (tertiary/aromatic N) is 1. The minimum absolute atomic E-state index is 0.281. The molecule has 1 spiro atoms. The molecular weight excluding hydrogens is 162 g/mol. The highest BCUT2D eigenvalue weighted by molar-refractivity contribution is 5.01. The maximum atomic E-state index is 5.71. The Kier molecular flexibility index (Phi) is 3.74. The molecule has 2 aliphatic rings. The zero-order chi connectivity index (χ0) is 9.90. The molecule has 2 fully saturated rings. The molecule has 2 rings (SSSR count). The third-order valence-electron chi connectivity index (χ3n) is 3.26. The van der Waals surface area contributed by atoms with E-state index in [0.717, 1.165) is 19.1 Å². The molecule has 2 aliphatic heterocycles. The van der Waals surface area contributed by atoms with Crippen molar-refractivity contribution in [1.29, 1.82) is 0 Å². The summed E-state index contributed by atoms with van der Waals surface area (Å²) < 4.78 is 5.71. The van der Waals surface area contributed by atoms with E-state index in [9.17, 15) is 0 Å². The fraction of sp³-hybridized carbons (Fsp3) is 1.00. The van der Waals surface area contributed by atoms with Crippen LogP contribution in [0.4, 0.5) is 0 Å². The summed E-state index contributed by atoms with van der Waals surface area (Å²) in [7, 11) is 2.18. The molecule has 0 aromatic heterocycles. The van der Waals surface area contributed by atoms with Gasteiger partial charge in [-0.3, -0.25) is 0 Å². The van der Waals surface area contributed by atoms with Gasteiger partial charge in [-0.2, -0.15) is 0 Å².